The first kappa shape index (κ1) is 11.7. The number of aryl methyl sites for hydroxylation is 2. The molecule has 94 valence electrons. The number of nitrogens with zero attached hydrogens (tertiary/aromatic N) is 1. The lowest BCUT2D eigenvalue weighted by atomic mass is 10.0. The number of para-hydroxylation sites is 1. The molecule has 0 spiro atoms. The number of aromatic nitrogens is 1. The Hall–Kier alpha value is -2.35. The molecule has 2 aromatic carbocycles. The fourth-order valence-electron chi connectivity index (χ4n) is 2.65. The summed E-state index contributed by atoms with van der Waals surface area (Å²) in [5.41, 5.74) is 5.69. The van der Waals surface area contributed by atoms with Crippen LogP contribution in [0.4, 0.5) is 0 Å². The lowest BCUT2D eigenvalue weighted by molar-refractivity contribution is 0.549. The van der Waals surface area contributed by atoms with Gasteiger partial charge in [-0.15, -0.1) is 0 Å². The molecule has 0 saturated heterocycles. The van der Waals surface area contributed by atoms with Gasteiger partial charge in [0, 0.05) is 17.1 Å². The summed E-state index contributed by atoms with van der Waals surface area (Å²) in [6, 6.07) is 14.5. The van der Waals surface area contributed by atoms with Crippen molar-refractivity contribution in [2.45, 2.75) is 13.8 Å². The number of hydrogen-bond donors (Lipinski definition) is 0. The molecule has 19 heavy (non-hydrogen) atoms. The molecule has 0 aliphatic carbocycles. The van der Waals surface area contributed by atoms with Gasteiger partial charge >= 0.3 is 0 Å². The van der Waals surface area contributed by atoms with Crippen LogP contribution >= 0.6 is 0 Å². The smallest absolute Gasteiger partial charge is 0.218 e. The van der Waals surface area contributed by atoms with Crippen LogP contribution in [0.15, 0.2) is 48.7 Å². The third-order valence-electron chi connectivity index (χ3n) is 3.39. The molecule has 2 heteroatoms. The second kappa shape index (κ2) is 4.39. The molecule has 0 atom stereocenters. The minimum atomic E-state index is 0.856. The van der Waals surface area contributed by atoms with E-state index in [0.717, 1.165) is 28.4 Å². The number of hydrogen-bond acceptors (Lipinski definition) is 1. The van der Waals surface area contributed by atoms with Crippen LogP contribution in [0.5, 0.6) is 0 Å². The molecule has 0 bridgehead atoms. The van der Waals surface area contributed by atoms with Crippen LogP contribution in [0.25, 0.3) is 22.0 Å². The van der Waals surface area contributed by atoms with E-state index in [9.17, 15) is 4.79 Å². The first-order chi connectivity index (χ1) is 9.19. The van der Waals surface area contributed by atoms with Crippen LogP contribution in [0.1, 0.15) is 11.1 Å². The van der Waals surface area contributed by atoms with Gasteiger partial charge in [0.05, 0.1) is 5.52 Å². The highest BCUT2D eigenvalue weighted by Crippen LogP contribution is 2.31. The summed E-state index contributed by atoms with van der Waals surface area (Å²) in [5.74, 6) is 0. The lowest BCUT2D eigenvalue weighted by Gasteiger charge is -2.03. The highest BCUT2D eigenvalue weighted by molar-refractivity contribution is 5.98. The van der Waals surface area contributed by atoms with Crippen molar-refractivity contribution in [3.05, 3.63) is 59.8 Å². The molecule has 0 aliphatic heterocycles. The van der Waals surface area contributed by atoms with Crippen molar-refractivity contribution < 1.29 is 4.79 Å². The van der Waals surface area contributed by atoms with Crippen LogP contribution < -0.4 is 0 Å². The molecule has 0 N–H and O–H groups in total. The van der Waals surface area contributed by atoms with Crippen molar-refractivity contribution in [2.24, 2.45) is 0 Å². The molecule has 0 amide bonds. The van der Waals surface area contributed by atoms with E-state index in [2.05, 4.69) is 38.1 Å². The Morgan fingerprint density at radius 1 is 1.00 bits per heavy atom. The molecule has 3 aromatic rings. The van der Waals surface area contributed by atoms with Crippen LogP contribution in [0.3, 0.4) is 0 Å². The maximum atomic E-state index is 11.2. The van der Waals surface area contributed by atoms with E-state index in [-0.39, 0.29) is 0 Å². The number of carbonyl (C=O) groups is 1. The highest BCUT2D eigenvalue weighted by Gasteiger charge is 2.09. The van der Waals surface area contributed by atoms with Gasteiger partial charge in [0.2, 0.25) is 6.41 Å². The fourth-order valence-corrected chi connectivity index (χ4v) is 2.65. The fraction of sp³-hybridized carbons (Fsp3) is 0.118. The van der Waals surface area contributed by atoms with Gasteiger partial charge in [0.15, 0.2) is 0 Å². The summed E-state index contributed by atoms with van der Waals surface area (Å²) in [6.07, 6.45) is 2.76. The summed E-state index contributed by atoms with van der Waals surface area (Å²) >= 11 is 0. The van der Waals surface area contributed by atoms with Crippen LogP contribution in [-0.2, 0) is 4.79 Å². The average molecular weight is 249 g/mol. The molecule has 2 nitrogen and oxygen atoms in total. The zero-order valence-electron chi connectivity index (χ0n) is 11.1. The normalized spacial score (nSPS) is 10.8. The molecule has 0 fully saturated rings. The van der Waals surface area contributed by atoms with Crippen molar-refractivity contribution in [2.75, 3.05) is 0 Å². The Kier molecular flexibility index (Phi) is 2.71. The summed E-state index contributed by atoms with van der Waals surface area (Å²) < 4.78 is 1.64. The molecule has 0 saturated carbocycles. The summed E-state index contributed by atoms with van der Waals surface area (Å²) in [6.45, 7) is 4.19. The molecular formula is C17H15NO. The average Bonchev–Trinajstić information content (AvgIpc) is 2.76. The highest BCUT2D eigenvalue weighted by atomic mass is 16.1. The monoisotopic (exact) mass is 249 g/mol. The summed E-state index contributed by atoms with van der Waals surface area (Å²) in [7, 11) is 0. The predicted octanol–water partition coefficient (Wildman–Crippen LogP) is 3.96. The third kappa shape index (κ3) is 1.95. The minimum absolute atomic E-state index is 0.856. The van der Waals surface area contributed by atoms with Crippen molar-refractivity contribution in [1.29, 1.82) is 0 Å². The van der Waals surface area contributed by atoms with E-state index < -0.39 is 0 Å². The van der Waals surface area contributed by atoms with Crippen molar-refractivity contribution in [3.63, 3.8) is 0 Å². The molecule has 0 radical (unpaired) electrons. The van der Waals surface area contributed by atoms with Crippen molar-refractivity contribution in [1.82, 2.24) is 4.57 Å². The van der Waals surface area contributed by atoms with E-state index in [1.807, 2.05) is 24.4 Å². The Balaban J connectivity index is 2.33. The van der Waals surface area contributed by atoms with Crippen LogP contribution in [0, 0.1) is 13.8 Å². The van der Waals surface area contributed by atoms with Crippen molar-refractivity contribution >= 4 is 17.3 Å². The second-order valence-electron chi connectivity index (χ2n) is 4.95. The van der Waals surface area contributed by atoms with Crippen LogP contribution in [-0.4, -0.2) is 11.0 Å². The SMILES string of the molecule is Cc1cc(C)cc(-c2cn(C=O)c3ccccc23)c1. The first-order valence-electron chi connectivity index (χ1n) is 6.32. The lowest BCUT2D eigenvalue weighted by Crippen LogP contribution is -1.90. The molecule has 0 unspecified atom stereocenters. The van der Waals surface area contributed by atoms with E-state index in [0.29, 0.717) is 0 Å². The molecule has 0 aliphatic rings. The van der Waals surface area contributed by atoms with Gasteiger partial charge in [-0.2, -0.15) is 0 Å². The minimum Gasteiger partial charge on any atom is -0.289 e. The van der Waals surface area contributed by atoms with Gasteiger partial charge in [0.1, 0.15) is 0 Å². The standard InChI is InChI=1S/C17H15NO/c1-12-7-13(2)9-14(8-12)16-10-18(11-19)17-6-4-3-5-15(16)17/h3-11H,1-2H3. The Bertz CT molecular complexity index is 748. The van der Waals surface area contributed by atoms with Gasteiger partial charge in [-0.3, -0.25) is 9.36 Å². The molecule has 1 aromatic heterocycles. The van der Waals surface area contributed by atoms with Gasteiger partial charge in [-0.25, -0.2) is 0 Å². The van der Waals surface area contributed by atoms with Gasteiger partial charge < -0.3 is 0 Å². The maximum Gasteiger partial charge on any atom is 0.218 e. The largest absolute Gasteiger partial charge is 0.289 e. The van der Waals surface area contributed by atoms with E-state index in [1.54, 1.807) is 4.57 Å². The number of fused-ring (bicyclic) bond motifs is 1. The number of rotatable bonds is 2. The van der Waals surface area contributed by atoms with E-state index in [1.165, 1.54) is 11.1 Å². The zero-order valence-corrected chi connectivity index (χ0v) is 11.1. The Morgan fingerprint density at radius 3 is 2.37 bits per heavy atom. The topological polar surface area (TPSA) is 22.0 Å². The van der Waals surface area contributed by atoms with Gasteiger partial charge in [0.25, 0.3) is 0 Å². The zero-order chi connectivity index (χ0) is 13.4. The first-order valence-corrected chi connectivity index (χ1v) is 6.32. The molecular weight excluding hydrogens is 234 g/mol. The summed E-state index contributed by atoms with van der Waals surface area (Å²) in [5, 5.41) is 1.11. The van der Waals surface area contributed by atoms with E-state index >= 15 is 0 Å². The predicted molar refractivity (Wildman–Crippen MR) is 79.0 cm³/mol. The molecule has 1 heterocycles. The summed E-state index contributed by atoms with van der Waals surface area (Å²) in [4.78, 5) is 11.2. The molecule has 3 rings (SSSR count). The van der Waals surface area contributed by atoms with Gasteiger partial charge in [-0.1, -0.05) is 47.5 Å². The van der Waals surface area contributed by atoms with E-state index in [4.69, 9.17) is 0 Å². The third-order valence-corrected chi connectivity index (χ3v) is 3.39. The van der Waals surface area contributed by atoms with Gasteiger partial charge in [-0.05, 0) is 25.5 Å². The maximum absolute atomic E-state index is 11.2. The second-order valence-corrected chi connectivity index (χ2v) is 4.95. The number of benzene rings is 2. The van der Waals surface area contributed by atoms with Crippen LogP contribution in [0.2, 0.25) is 0 Å². The Morgan fingerprint density at radius 2 is 1.68 bits per heavy atom. The number of carbonyl (C=O) groups excluding carboxylic acids is 1. The van der Waals surface area contributed by atoms with Crippen molar-refractivity contribution in [3.8, 4) is 11.1 Å². The quantitative estimate of drug-likeness (QED) is 0.630. The Labute approximate surface area is 112 Å².